The van der Waals surface area contributed by atoms with Gasteiger partial charge in [-0.15, -0.1) is 11.8 Å². The van der Waals surface area contributed by atoms with Crippen molar-refractivity contribution in [2.75, 3.05) is 0 Å². The molecular formula is C52H70S. The van der Waals surface area contributed by atoms with Crippen LogP contribution in [0.2, 0.25) is 0 Å². The van der Waals surface area contributed by atoms with Gasteiger partial charge in [0.15, 0.2) is 0 Å². The van der Waals surface area contributed by atoms with Crippen LogP contribution in [-0.2, 0) is 0 Å². The zero-order valence-corrected chi connectivity index (χ0v) is 34.7. The number of rotatable bonds is 18. The van der Waals surface area contributed by atoms with E-state index in [0.29, 0.717) is 0 Å². The lowest BCUT2D eigenvalue weighted by Gasteiger charge is -2.30. The number of hydrogen-bond donors (Lipinski definition) is 0. The van der Waals surface area contributed by atoms with Gasteiger partial charge in [-0.05, 0) is 122 Å². The third-order valence-electron chi connectivity index (χ3n) is 13.1. The summed E-state index contributed by atoms with van der Waals surface area (Å²) in [5, 5.41) is 0.504. The van der Waals surface area contributed by atoms with Crippen LogP contribution in [0, 0.1) is 25.7 Å². The highest BCUT2D eigenvalue weighted by molar-refractivity contribution is 8.00. The molecule has 6 rings (SSSR count). The summed E-state index contributed by atoms with van der Waals surface area (Å²) in [4.78, 5) is 0. The van der Waals surface area contributed by atoms with Crippen molar-refractivity contribution in [3.8, 4) is 0 Å². The van der Waals surface area contributed by atoms with Gasteiger partial charge in [-0.3, -0.25) is 0 Å². The van der Waals surface area contributed by atoms with Crippen molar-refractivity contribution in [1.29, 1.82) is 0 Å². The lowest BCUT2D eigenvalue weighted by Crippen LogP contribution is -2.13. The minimum Gasteiger partial charge on any atom is -0.136 e. The Morgan fingerprint density at radius 3 is 1.06 bits per heavy atom. The maximum Gasteiger partial charge on any atom is 0.0556 e. The van der Waals surface area contributed by atoms with Gasteiger partial charge < -0.3 is 0 Å². The lowest BCUT2D eigenvalue weighted by molar-refractivity contribution is 0.302. The van der Waals surface area contributed by atoms with E-state index in [1.165, 1.54) is 149 Å². The average molecular weight is 727 g/mol. The van der Waals surface area contributed by atoms with Crippen LogP contribution in [0.15, 0.2) is 97.1 Å². The first-order chi connectivity index (χ1) is 26.0. The van der Waals surface area contributed by atoms with E-state index in [9.17, 15) is 0 Å². The maximum absolute atomic E-state index is 2.49. The average Bonchev–Trinajstić information content (AvgIpc) is 3.20. The van der Waals surface area contributed by atoms with Crippen molar-refractivity contribution in [2.24, 2.45) is 11.8 Å². The molecule has 0 bridgehead atoms. The first-order valence-electron chi connectivity index (χ1n) is 22.0. The molecule has 2 aliphatic carbocycles. The fourth-order valence-electron chi connectivity index (χ4n) is 9.49. The molecule has 0 amide bonds. The van der Waals surface area contributed by atoms with Crippen LogP contribution in [0.4, 0.5) is 0 Å². The van der Waals surface area contributed by atoms with Gasteiger partial charge in [0.2, 0.25) is 0 Å². The number of benzene rings is 4. The molecule has 2 unspecified atom stereocenters. The molecule has 0 aromatic heterocycles. The molecule has 4 aromatic rings. The van der Waals surface area contributed by atoms with Crippen LogP contribution in [0.25, 0.3) is 0 Å². The van der Waals surface area contributed by atoms with Crippen LogP contribution in [-0.4, -0.2) is 0 Å². The van der Waals surface area contributed by atoms with Gasteiger partial charge in [-0.1, -0.05) is 186 Å². The van der Waals surface area contributed by atoms with Gasteiger partial charge >= 0.3 is 0 Å². The van der Waals surface area contributed by atoms with Crippen LogP contribution >= 0.6 is 11.8 Å². The van der Waals surface area contributed by atoms with Gasteiger partial charge in [0.25, 0.3) is 0 Å². The largest absolute Gasteiger partial charge is 0.136 e. The van der Waals surface area contributed by atoms with E-state index in [-0.39, 0.29) is 10.5 Å². The Balaban J connectivity index is 1.18. The molecule has 0 spiro atoms. The highest BCUT2D eigenvalue weighted by atomic mass is 32.2. The van der Waals surface area contributed by atoms with Crippen molar-refractivity contribution in [1.82, 2.24) is 0 Å². The standard InChI is InChI=1S/C52H70S/c1-5-7-9-11-13-41-19-27-43(28-20-41)45-31-35-49(36-32-45)51(47-23-15-39(3)16-24-47)53-52(48-25-17-40(4)18-26-48)50-37-33-46(34-38-50)44-29-21-42(22-30-44)14-12-10-8-6-2/h15-18,23-26,31-38,41-44,51-52H,5-14,19-22,27-30H2,1-4H3/t41-,42-,43-,44-,51?,52?. The van der Waals surface area contributed by atoms with Crippen LogP contribution < -0.4 is 0 Å². The fraction of sp³-hybridized carbons (Fsp3) is 0.538. The molecule has 284 valence electrons. The topological polar surface area (TPSA) is 0 Å². The molecule has 0 saturated heterocycles. The van der Waals surface area contributed by atoms with Crippen molar-refractivity contribution >= 4 is 11.8 Å². The first-order valence-corrected chi connectivity index (χ1v) is 22.9. The van der Waals surface area contributed by atoms with Gasteiger partial charge in [0.1, 0.15) is 0 Å². The Kier molecular flexibility index (Phi) is 15.6. The zero-order valence-electron chi connectivity index (χ0n) is 33.8. The molecule has 0 radical (unpaired) electrons. The molecule has 4 aromatic carbocycles. The number of aryl methyl sites for hydroxylation is 2. The van der Waals surface area contributed by atoms with Crippen LogP contribution in [0.1, 0.15) is 196 Å². The Morgan fingerprint density at radius 1 is 0.415 bits per heavy atom. The van der Waals surface area contributed by atoms with E-state index in [2.05, 4.69) is 137 Å². The van der Waals surface area contributed by atoms with Gasteiger partial charge in [-0.25, -0.2) is 0 Å². The summed E-state index contributed by atoms with van der Waals surface area (Å²) in [6, 6.07) is 38.5. The van der Waals surface area contributed by atoms with E-state index >= 15 is 0 Å². The predicted octanol–water partition coefficient (Wildman–Crippen LogP) is 16.4. The summed E-state index contributed by atoms with van der Waals surface area (Å²) >= 11 is 2.12. The van der Waals surface area contributed by atoms with Crippen molar-refractivity contribution in [3.63, 3.8) is 0 Å². The normalized spacial score (nSPS) is 21.7. The molecule has 0 aliphatic heterocycles. The second-order valence-electron chi connectivity index (χ2n) is 17.2. The molecule has 1 heteroatoms. The summed E-state index contributed by atoms with van der Waals surface area (Å²) in [5.41, 5.74) is 11.4. The third-order valence-corrected chi connectivity index (χ3v) is 14.7. The van der Waals surface area contributed by atoms with Crippen LogP contribution in [0.5, 0.6) is 0 Å². The van der Waals surface area contributed by atoms with E-state index < -0.39 is 0 Å². The molecular weight excluding hydrogens is 657 g/mol. The van der Waals surface area contributed by atoms with E-state index in [4.69, 9.17) is 0 Å². The maximum atomic E-state index is 2.49. The molecule has 53 heavy (non-hydrogen) atoms. The second-order valence-corrected chi connectivity index (χ2v) is 18.4. The molecule has 2 fully saturated rings. The smallest absolute Gasteiger partial charge is 0.0556 e. The zero-order chi connectivity index (χ0) is 36.8. The summed E-state index contributed by atoms with van der Waals surface area (Å²) < 4.78 is 0. The number of unbranched alkanes of at least 4 members (excludes halogenated alkanes) is 6. The Morgan fingerprint density at radius 2 is 0.736 bits per heavy atom. The van der Waals surface area contributed by atoms with Crippen molar-refractivity contribution < 1.29 is 0 Å². The van der Waals surface area contributed by atoms with E-state index in [1.807, 2.05) is 0 Å². The number of hydrogen-bond acceptors (Lipinski definition) is 1. The molecule has 0 nitrogen and oxygen atoms in total. The van der Waals surface area contributed by atoms with Crippen molar-refractivity contribution in [2.45, 2.75) is 166 Å². The predicted molar refractivity (Wildman–Crippen MR) is 233 cm³/mol. The van der Waals surface area contributed by atoms with Crippen LogP contribution in [0.3, 0.4) is 0 Å². The molecule has 2 aliphatic rings. The highest BCUT2D eigenvalue weighted by Gasteiger charge is 2.27. The van der Waals surface area contributed by atoms with E-state index in [0.717, 1.165) is 23.7 Å². The molecule has 2 saturated carbocycles. The Hall–Kier alpha value is -2.77. The summed E-state index contributed by atoms with van der Waals surface area (Å²) in [5.74, 6) is 3.36. The third kappa shape index (κ3) is 11.6. The summed E-state index contributed by atoms with van der Waals surface area (Å²) in [6.45, 7) is 9.05. The lowest BCUT2D eigenvalue weighted by atomic mass is 9.77. The first kappa shape index (κ1) is 39.9. The second kappa shape index (κ2) is 20.8. The quantitative estimate of drug-likeness (QED) is 0.0920. The molecule has 2 atom stereocenters. The monoisotopic (exact) mass is 727 g/mol. The SMILES string of the molecule is CCCCCC[C@H]1CC[C@H](c2ccc(C(SC(c3ccc(C)cc3)c3ccc([C@H]4CC[C@H](CCCCCC)CC4)cc3)c3ccc(C)cc3)cc2)CC1. The molecule has 0 N–H and O–H groups in total. The van der Waals surface area contributed by atoms with Crippen molar-refractivity contribution in [3.05, 3.63) is 142 Å². The number of thioether (sulfide) groups is 1. The minimum atomic E-state index is 0.252. The minimum absolute atomic E-state index is 0.252. The van der Waals surface area contributed by atoms with Gasteiger partial charge in [-0.2, -0.15) is 0 Å². The Labute approximate surface area is 329 Å². The summed E-state index contributed by atoms with van der Waals surface area (Å²) in [6.07, 6.45) is 25.2. The fourth-order valence-corrected chi connectivity index (χ4v) is 11.0. The van der Waals surface area contributed by atoms with E-state index in [1.54, 1.807) is 11.1 Å². The Bertz CT molecular complexity index is 1460. The summed E-state index contributed by atoms with van der Waals surface area (Å²) in [7, 11) is 0. The molecule has 0 heterocycles. The van der Waals surface area contributed by atoms with Gasteiger partial charge in [0.05, 0.1) is 10.5 Å². The van der Waals surface area contributed by atoms with Gasteiger partial charge in [0, 0.05) is 0 Å². The highest BCUT2D eigenvalue weighted by Crippen LogP contribution is 2.49.